The van der Waals surface area contributed by atoms with Crippen LogP contribution in [0.15, 0.2) is 60.9 Å². The molecule has 0 unspecified atom stereocenters. The molecule has 1 aliphatic heterocycles. The minimum absolute atomic E-state index is 0.0957. The molecule has 0 saturated carbocycles. The molecule has 3 aromatic rings. The number of halogens is 6. The number of aromatic amines is 1. The molecule has 0 spiro atoms. The number of aromatic nitrogens is 2. The first kappa shape index (κ1) is 24.2. The van der Waals surface area contributed by atoms with Gasteiger partial charge >= 0.3 is 12.4 Å². The third kappa shape index (κ3) is 5.78. The Hall–Kier alpha value is -2.89. The number of alkyl halides is 6. The van der Waals surface area contributed by atoms with Gasteiger partial charge in [0.25, 0.3) is 0 Å². The molecular formula is C23H21F6N3O2. The molecule has 0 aliphatic carbocycles. The van der Waals surface area contributed by atoms with E-state index in [-0.39, 0.29) is 18.2 Å². The van der Waals surface area contributed by atoms with E-state index in [4.69, 9.17) is 9.47 Å². The van der Waals surface area contributed by atoms with Gasteiger partial charge in [0.2, 0.25) is 0 Å². The van der Waals surface area contributed by atoms with Crippen LogP contribution in [0.4, 0.5) is 26.3 Å². The summed E-state index contributed by atoms with van der Waals surface area (Å²) >= 11 is 0. The molecule has 1 fully saturated rings. The smallest absolute Gasteiger partial charge is 0.349 e. The summed E-state index contributed by atoms with van der Waals surface area (Å²) < 4.78 is 90.7. The van der Waals surface area contributed by atoms with Gasteiger partial charge in [-0.2, -0.15) is 26.3 Å². The average Bonchev–Trinajstić information content (AvgIpc) is 3.30. The summed E-state index contributed by atoms with van der Waals surface area (Å²) in [5.41, 5.74) is -2.19. The fourth-order valence-corrected chi connectivity index (χ4v) is 3.88. The SMILES string of the molecule is FC(F)(F)c1cc(CO[C@H]2OCCN(Cc3ncc[nH]3)[C@@H]2c2ccccc2)cc(C(F)(F)F)c1. The van der Waals surface area contributed by atoms with E-state index < -0.39 is 42.4 Å². The van der Waals surface area contributed by atoms with Crippen molar-refractivity contribution in [2.24, 2.45) is 0 Å². The lowest BCUT2D eigenvalue weighted by Gasteiger charge is -2.40. The quantitative estimate of drug-likeness (QED) is 0.465. The van der Waals surface area contributed by atoms with Crippen molar-refractivity contribution < 1.29 is 35.8 Å². The second-order valence-corrected chi connectivity index (χ2v) is 7.83. The summed E-state index contributed by atoms with van der Waals surface area (Å²) in [7, 11) is 0. The topological polar surface area (TPSA) is 50.4 Å². The molecule has 11 heteroatoms. The van der Waals surface area contributed by atoms with Crippen LogP contribution in [0.25, 0.3) is 0 Å². The second-order valence-electron chi connectivity index (χ2n) is 7.83. The van der Waals surface area contributed by atoms with E-state index in [1.165, 1.54) is 0 Å². The summed E-state index contributed by atoms with van der Waals surface area (Å²) in [4.78, 5) is 9.29. The van der Waals surface area contributed by atoms with Crippen LogP contribution in [0.1, 0.15) is 34.1 Å². The number of morpholine rings is 1. The number of nitrogens with one attached hydrogen (secondary N) is 1. The van der Waals surface area contributed by atoms with Crippen molar-refractivity contribution in [2.75, 3.05) is 13.2 Å². The highest BCUT2D eigenvalue weighted by Crippen LogP contribution is 2.37. The average molecular weight is 485 g/mol. The molecule has 182 valence electrons. The van der Waals surface area contributed by atoms with Crippen molar-refractivity contribution >= 4 is 0 Å². The van der Waals surface area contributed by atoms with Crippen LogP contribution >= 0.6 is 0 Å². The van der Waals surface area contributed by atoms with E-state index in [1.54, 1.807) is 12.4 Å². The molecule has 0 amide bonds. The summed E-state index contributed by atoms with van der Waals surface area (Å²) in [5, 5.41) is 0. The Morgan fingerprint density at radius 1 is 1.00 bits per heavy atom. The third-order valence-corrected chi connectivity index (χ3v) is 5.42. The Bertz CT molecular complexity index is 1040. The third-order valence-electron chi connectivity index (χ3n) is 5.42. The molecule has 1 N–H and O–H groups in total. The zero-order valence-electron chi connectivity index (χ0n) is 17.7. The number of hydrogen-bond donors (Lipinski definition) is 1. The Kier molecular flexibility index (Phi) is 6.96. The lowest BCUT2D eigenvalue weighted by molar-refractivity contribution is -0.218. The molecule has 1 aromatic heterocycles. The number of benzene rings is 2. The molecule has 2 aromatic carbocycles. The van der Waals surface area contributed by atoms with Gasteiger partial charge in [-0.05, 0) is 29.3 Å². The van der Waals surface area contributed by atoms with E-state index >= 15 is 0 Å². The number of H-pyrrole nitrogens is 1. The van der Waals surface area contributed by atoms with Gasteiger partial charge in [-0.1, -0.05) is 30.3 Å². The largest absolute Gasteiger partial charge is 0.416 e. The van der Waals surface area contributed by atoms with E-state index in [2.05, 4.69) is 9.97 Å². The standard InChI is InChI=1S/C23H21F6N3O2/c24-22(25,26)17-10-15(11-18(12-17)23(27,28)29)14-34-21-20(16-4-2-1-3-5-16)32(8-9-33-21)13-19-30-6-7-31-19/h1-7,10-12,20-21H,8-9,13-14H2,(H,30,31)/t20-,21-/m1/s1. The molecule has 5 nitrogen and oxygen atoms in total. The van der Waals surface area contributed by atoms with E-state index in [9.17, 15) is 26.3 Å². The van der Waals surface area contributed by atoms with Crippen LogP contribution in [0, 0.1) is 0 Å². The molecule has 2 heterocycles. The highest BCUT2D eigenvalue weighted by molar-refractivity contribution is 5.33. The second kappa shape index (κ2) is 9.77. The lowest BCUT2D eigenvalue weighted by atomic mass is 10.0. The number of hydrogen-bond acceptors (Lipinski definition) is 4. The van der Waals surface area contributed by atoms with Gasteiger partial charge in [0, 0.05) is 18.9 Å². The maximum absolute atomic E-state index is 13.2. The van der Waals surface area contributed by atoms with Crippen LogP contribution in [-0.2, 0) is 35.0 Å². The van der Waals surface area contributed by atoms with Crippen LogP contribution in [0.5, 0.6) is 0 Å². The maximum Gasteiger partial charge on any atom is 0.416 e. The predicted molar refractivity (Wildman–Crippen MR) is 109 cm³/mol. The molecule has 4 rings (SSSR count). The summed E-state index contributed by atoms with van der Waals surface area (Å²) in [6, 6.07) is 10.2. The van der Waals surface area contributed by atoms with Crippen LogP contribution in [0.2, 0.25) is 0 Å². The van der Waals surface area contributed by atoms with Crippen LogP contribution in [0.3, 0.4) is 0 Å². The summed E-state index contributed by atoms with van der Waals surface area (Å²) in [6.07, 6.45) is -7.47. The van der Waals surface area contributed by atoms with Crippen molar-refractivity contribution in [3.8, 4) is 0 Å². The Morgan fingerprint density at radius 3 is 2.26 bits per heavy atom. The van der Waals surface area contributed by atoms with Crippen molar-refractivity contribution in [3.63, 3.8) is 0 Å². The molecule has 0 radical (unpaired) electrons. The monoisotopic (exact) mass is 485 g/mol. The first-order chi connectivity index (χ1) is 16.1. The number of nitrogens with zero attached hydrogens (tertiary/aromatic N) is 2. The van der Waals surface area contributed by atoms with E-state index in [1.807, 2.05) is 35.2 Å². The minimum Gasteiger partial charge on any atom is -0.349 e. The van der Waals surface area contributed by atoms with E-state index in [0.717, 1.165) is 5.56 Å². The molecular weight excluding hydrogens is 464 g/mol. The zero-order valence-corrected chi connectivity index (χ0v) is 17.7. The van der Waals surface area contributed by atoms with Gasteiger partial charge in [-0.15, -0.1) is 0 Å². The highest BCUT2D eigenvalue weighted by Gasteiger charge is 2.38. The predicted octanol–water partition coefficient (Wildman–Crippen LogP) is 5.56. The first-order valence-corrected chi connectivity index (χ1v) is 10.4. The number of rotatable bonds is 6. The summed E-state index contributed by atoms with van der Waals surface area (Å²) in [6.45, 7) is 0.736. The van der Waals surface area contributed by atoms with Gasteiger partial charge < -0.3 is 14.5 Å². The van der Waals surface area contributed by atoms with Crippen LogP contribution < -0.4 is 0 Å². The maximum atomic E-state index is 13.2. The van der Waals surface area contributed by atoms with Gasteiger partial charge in [0.05, 0.1) is 36.9 Å². The van der Waals surface area contributed by atoms with Gasteiger partial charge in [-0.3, -0.25) is 4.90 Å². The molecule has 1 aliphatic rings. The zero-order chi connectivity index (χ0) is 24.3. The number of imidazole rings is 1. The van der Waals surface area contributed by atoms with Gasteiger partial charge in [0.1, 0.15) is 5.82 Å². The van der Waals surface area contributed by atoms with Crippen molar-refractivity contribution in [2.45, 2.75) is 37.8 Å². The van der Waals surface area contributed by atoms with Crippen LogP contribution in [-0.4, -0.2) is 34.3 Å². The molecule has 1 saturated heterocycles. The van der Waals surface area contributed by atoms with Gasteiger partial charge in [0.15, 0.2) is 6.29 Å². The molecule has 34 heavy (non-hydrogen) atoms. The fraction of sp³-hybridized carbons (Fsp3) is 0.348. The first-order valence-electron chi connectivity index (χ1n) is 10.4. The fourth-order valence-electron chi connectivity index (χ4n) is 3.88. The Balaban J connectivity index is 1.59. The lowest BCUT2D eigenvalue weighted by Crippen LogP contribution is -2.46. The molecule has 2 atom stereocenters. The van der Waals surface area contributed by atoms with Crippen molar-refractivity contribution in [3.05, 3.63) is 89.0 Å². The van der Waals surface area contributed by atoms with E-state index in [0.29, 0.717) is 31.0 Å². The normalized spacial score (nSPS) is 19.9. The van der Waals surface area contributed by atoms with Gasteiger partial charge in [-0.25, -0.2) is 4.98 Å². The van der Waals surface area contributed by atoms with Crippen molar-refractivity contribution in [1.82, 2.24) is 14.9 Å². The summed E-state index contributed by atoms with van der Waals surface area (Å²) in [5.74, 6) is 0.703. The highest BCUT2D eigenvalue weighted by atomic mass is 19.4. The van der Waals surface area contributed by atoms with Crippen molar-refractivity contribution in [1.29, 1.82) is 0 Å². The minimum atomic E-state index is -4.93. The molecule has 0 bridgehead atoms. The Morgan fingerprint density at radius 2 is 1.68 bits per heavy atom. The number of ether oxygens (including phenoxy) is 2. The Labute approximate surface area is 191 Å².